The zero-order valence-electron chi connectivity index (χ0n) is 12.7. The van der Waals surface area contributed by atoms with Gasteiger partial charge in [-0.25, -0.2) is 0 Å². The van der Waals surface area contributed by atoms with E-state index in [0.29, 0.717) is 6.54 Å². The molecule has 0 spiro atoms. The van der Waals surface area contributed by atoms with Gasteiger partial charge in [-0.15, -0.1) is 0 Å². The lowest BCUT2D eigenvalue weighted by Crippen LogP contribution is -2.20. The number of benzene rings is 1. The van der Waals surface area contributed by atoms with E-state index in [1.807, 2.05) is 28.9 Å². The normalized spacial score (nSPS) is 12.4. The van der Waals surface area contributed by atoms with Crippen LogP contribution in [0.15, 0.2) is 24.3 Å². The molecule has 2 rings (SSSR count). The fourth-order valence-electron chi connectivity index (χ4n) is 2.68. The average molecular weight is 273 g/mol. The van der Waals surface area contributed by atoms with E-state index in [4.69, 9.17) is 10.5 Å². The zero-order chi connectivity index (χ0) is 14.7. The molecule has 4 nitrogen and oxygen atoms in total. The summed E-state index contributed by atoms with van der Waals surface area (Å²) in [4.78, 5) is 0. The number of aromatic nitrogens is 2. The van der Waals surface area contributed by atoms with Crippen LogP contribution in [0.3, 0.4) is 0 Å². The van der Waals surface area contributed by atoms with Gasteiger partial charge in [0.1, 0.15) is 5.75 Å². The first-order chi connectivity index (χ1) is 9.58. The van der Waals surface area contributed by atoms with E-state index >= 15 is 0 Å². The fraction of sp³-hybridized carbons (Fsp3) is 0.438. The summed E-state index contributed by atoms with van der Waals surface area (Å²) in [5, 5.41) is 4.60. The van der Waals surface area contributed by atoms with Crippen LogP contribution in [0.1, 0.15) is 35.5 Å². The Bertz CT molecular complexity index is 589. The molecule has 0 amide bonds. The molecule has 0 fully saturated rings. The summed E-state index contributed by atoms with van der Waals surface area (Å²) in [7, 11) is 1.67. The van der Waals surface area contributed by atoms with Crippen LogP contribution in [-0.2, 0) is 13.0 Å². The second kappa shape index (κ2) is 6.09. The van der Waals surface area contributed by atoms with Crippen LogP contribution in [-0.4, -0.2) is 16.9 Å². The van der Waals surface area contributed by atoms with Crippen LogP contribution < -0.4 is 10.5 Å². The molecule has 0 bridgehead atoms. The van der Waals surface area contributed by atoms with E-state index in [0.717, 1.165) is 23.4 Å². The molecular weight excluding hydrogens is 250 g/mol. The predicted octanol–water partition coefficient (Wildman–Crippen LogP) is 2.77. The standard InChI is InChI=1S/C16H23N3O/c1-5-13-11(2)18-19(12(13)3)10-15(17)14-8-6-7-9-16(14)20-4/h6-9,15H,5,10,17H2,1-4H3. The molecule has 1 atom stereocenters. The topological polar surface area (TPSA) is 53.1 Å². The number of hydrogen-bond donors (Lipinski definition) is 1. The Morgan fingerprint density at radius 2 is 2.00 bits per heavy atom. The first-order valence-corrected chi connectivity index (χ1v) is 6.99. The molecule has 4 heteroatoms. The smallest absolute Gasteiger partial charge is 0.123 e. The lowest BCUT2D eigenvalue weighted by atomic mass is 10.1. The van der Waals surface area contributed by atoms with E-state index in [1.54, 1.807) is 7.11 Å². The number of ether oxygens (including phenoxy) is 1. The predicted molar refractivity (Wildman–Crippen MR) is 81.0 cm³/mol. The zero-order valence-corrected chi connectivity index (χ0v) is 12.7. The van der Waals surface area contributed by atoms with Crippen LogP contribution in [0.5, 0.6) is 5.75 Å². The molecule has 0 saturated heterocycles. The molecule has 0 aliphatic heterocycles. The maximum atomic E-state index is 6.33. The molecule has 20 heavy (non-hydrogen) atoms. The summed E-state index contributed by atoms with van der Waals surface area (Å²) in [5.41, 5.74) is 11.0. The Morgan fingerprint density at radius 1 is 1.30 bits per heavy atom. The van der Waals surface area contributed by atoms with Gasteiger partial charge in [-0.2, -0.15) is 5.10 Å². The number of nitrogens with two attached hydrogens (primary N) is 1. The third-order valence-electron chi connectivity index (χ3n) is 3.79. The van der Waals surface area contributed by atoms with Gasteiger partial charge in [-0.3, -0.25) is 4.68 Å². The van der Waals surface area contributed by atoms with E-state index in [1.165, 1.54) is 11.3 Å². The largest absolute Gasteiger partial charge is 0.496 e. The Labute approximate surface area is 120 Å². The van der Waals surface area contributed by atoms with Gasteiger partial charge < -0.3 is 10.5 Å². The molecule has 0 radical (unpaired) electrons. The summed E-state index contributed by atoms with van der Waals surface area (Å²) in [6, 6.07) is 7.75. The highest BCUT2D eigenvalue weighted by atomic mass is 16.5. The molecule has 2 aromatic rings. The second-order valence-electron chi connectivity index (χ2n) is 5.03. The van der Waals surface area contributed by atoms with Crippen LogP contribution in [0.25, 0.3) is 0 Å². The second-order valence-corrected chi connectivity index (χ2v) is 5.03. The Kier molecular flexibility index (Phi) is 4.45. The van der Waals surface area contributed by atoms with Gasteiger partial charge in [0.15, 0.2) is 0 Å². The molecule has 1 heterocycles. The van der Waals surface area contributed by atoms with E-state index in [2.05, 4.69) is 25.9 Å². The summed E-state index contributed by atoms with van der Waals surface area (Å²) < 4.78 is 7.38. The third-order valence-corrected chi connectivity index (χ3v) is 3.79. The van der Waals surface area contributed by atoms with Crippen molar-refractivity contribution < 1.29 is 4.74 Å². The molecule has 1 aromatic heterocycles. The Morgan fingerprint density at radius 3 is 2.60 bits per heavy atom. The van der Waals surface area contributed by atoms with E-state index in [9.17, 15) is 0 Å². The van der Waals surface area contributed by atoms with Gasteiger partial charge in [-0.05, 0) is 31.9 Å². The highest BCUT2D eigenvalue weighted by Crippen LogP contribution is 2.25. The van der Waals surface area contributed by atoms with Crippen LogP contribution >= 0.6 is 0 Å². The van der Waals surface area contributed by atoms with E-state index < -0.39 is 0 Å². The van der Waals surface area contributed by atoms with Crippen molar-refractivity contribution in [3.05, 3.63) is 46.8 Å². The summed E-state index contributed by atoms with van der Waals surface area (Å²) >= 11 is 0. The van der Waals surface area contributed by atoms with Gasteiger partial charge >= 0.3 is 0 Å². The van der Waals surface area contributed by atoms with Crippen molar-refractivity contribution in [1.82, 2.24) is 9.78 Å². The van der Waals surface area contributed by atoms with E-state index in [-0.39, 0.29) is 6.04 Å². The van der Waals surface area contributed by atoms with Gasteiger partial charge in [0.25, 0.3) is 0 Å². The highest BCUT2D eigenvalue weighted by molar-refractivity contribution is 5.35. The monoisotopic (exact) mass is 273 g/mol. The van der Waals surface area contributed by atoms with Crippen LogP contribution in [0.4, 0.5) is 0 Å². The molecular formula is C16H23N3O. The lowest BCUT2D eigenvalue weighted by Gasteiger charge is -2.16. The van der Waals surface area contributed by atoms with Crippen molar-refractivity contribution in [2.24, 2.45) is 5.73 Å². The quantitative estimate of drug-likeness (QED) is 0.911. The van der Waals surface area contributed by atoms with Crippen LogP contribution in [0, 0.1) is 13.8 Å². The molecule has 0 aliphatic rings. The molecule has 1 unspecified atom stereocenters. The van der Waals surface area contributed by atoms with Crippen molar-refractivity contribution in [2.75, 3.05) is 7.11 Å². The minimum atomic E-state index is -0.131. The fourth-order valence-corrected chi connectivity index (χ4v) is 2.68. The maximum absolute atomic E-state index is 6.33. The summed E-state index contributed by atoms with van der Waals surface area (Å²) in [6.07, 6.45) is 1.00. The van der Waals surface area contributed by atoms with Crippen molar-refractivity contribution in [2.45, 2.75) is 39.8 Å². The van der Waals surface area contributed by atoms with Crippen LogP contribution in [0.2, 0.25) is 0 Å². The maximum Gasteiger partial charge on any atom is 0.123 e. The minimum Gasteiger partial charge on any atom is -0.496 e. The molecule has 2 N–H and O–H groups in total. The SMILES string of the molecule is CCc1c(C)nn(CC(N)c2ccccc2OC)c1C. The Hall–Kier alpha value is -1.81. The lowest BCUT2D eigenvalue weighted by molar-refractivity contribution is 0.399. The molecule has 0 saturated carbocycles. The highest BCUT2D eigenvalue weighted by Gasteiger charge is 2.16. The average Bonchev–Trinajstić information content (AvgIpc) is 2.72. The number of aryl methyl sites for hydroxylation is 1. The molecule has 108 valence electrons. The number of hydrogen-bond acceptors (Lipinski definition) is 3. The van der Waals surface area contributed by atoms with Crippen molar-refractivity contribution in [3.63, 3.8) is 0 Å². The number of para-hydroxylation sites is 1. The van der Waals surface area contributed by atoms with Crippen molar-refractivity contribution in [1.29, 1.82) is 0 Å². The number of nitrogens with zero attached hydrogens (tertiary/aromatic N) is 2. The molecule has 0 aliphatic carbocycles. The molecule has 1 aromatic carbocycles. The summed E-state index contributed by atoms with van der Waals surface area (Å²) in [6.45, 7) is 6.97. The third kappa shape index (κ3) is 2.70. The number of rotatable bonds is 5. The summed E-state index contributed by atoms with van der Waals surface area (Å²) in [5.74, 6) is 0.831. The minimum absolute atomic E-state index is 0.131. The van der Waals surface area contributed by atoms with Gasteiger partial charge in [0.2, 0.25) is 0 Å². The number of methoxy groups -OCH3 is 1. The van der Waals surface area contributed by atoms with Gasteiger partial charge in [0, 0.05) is 11.3 Å². The van der Waals surface area contributed by atoms with Gasteiger partial charge in [-0.1, -0.05) is 25.1 Å². The van der Waals surface area contributed by atoms with Crippen molar-refractivity contribution >= 4 is 0 Å². The Balaban J connectivity index is 2.26. The van der Waals surface area contributed by atoms with Gasteiger partial charge in [0.05, 0.1) is 25.4 Å². The first kappa shape index (κ1) is 14.6. The van der Waals surface area contributed by atoms with Crippen molar-refractivity contribution in [3.8, 4) is 5.75 Å². The first-order valence-electron chi connectivity index (χ1n) is 6.99.